The van der Waals surface area contributed by atoms with Crippen molar-refractivity contribution >= 4 is 5.78 Å². The predicted octanol–water partition coefficient (Wildman–Crippen LogP) is 11.2. The lowest BCUT2D eigenvalue weighted by Crippen LogP contribution is -2.53. The minimum Gasteiger partial charge on any atom is -0.375 e. The molecule has 0 amide bonds. The molecule has 0 aromatic heterocycles. The Morgan fingerprint density at radius 3 is 1.93 bits per heavy atom. The first-order chi connectivity index (χ1) is 20.7. The van der Waals surface area contributed by atoms with E-state index in [1.807, 2.05) is 0 Å². The van der Waals surface area contributed by atoms with Gasteiger partial charge in [-0.3, -0.25) is 4.79 Å². The molecular weight excluding hydrogens is 544 g/mol. The predicted molar refractivity (Wildman–Crippen MR) is 187 cm³/mol. The van der Waals surface area contributed by atoms with Crippen molar-refractivity contribution in [3.63, 3.8) is 0 Å². The van der Waals surface area contributed by atoms with E-state index in [2.05, 4.69) is 88.8 Å². The molecule has 2 bridgehead atoms. The van der Waals surface area contributed by atoms with Crippen LogP contribution in [0, 0.1) is 22.7 Å². The molecule has 256 valence electrons. The van der Waals surface area contributed by atoms with Gasteiger partial charge in [0.05, 0.1) is 23.9 Å². The van der Waals surface area contributed by atoms with Gasteiger partial charge in [0, 0.05) is 18.4 Å². The highest BCUT2D eigenvalue weighted by atomic mass is 16.5. The van der Waals surface area contributed by atoms with Crippen LogP contribution in [0.5, 0.6) is 0 Å². The first-order valence-electron chi connectivity index (χ1n) is 18.6. The van der Waals surface area contributed by atoms with Crippen molar-refractivity contribution in [2.45, 2.75) is 189 Å². The fourth-order valence-electron chi connectivity index (χ4n) is 9.33. The van der Waals surface area contributed by atoms with Gasteiger partial charge in [-0.05, 0) is 114 Å². The smallest absolute Gasteiger partial charge is 0.189 e. The Bertz CT molecular complexity index is 942. The van der Waals surface area contributed by atoms with E-state index < -0.39 is 5.60 Å². The molecule has 0 aliphatic heterocycles. The van der Waals surface area contributed by atoms with Crippen LogP contribution >= 0.6 is 0 Å². The summed E-state index contributed by atoms with van der Waals surface area (Å²) >= 11 is 0. The number of carbonyl (C=O) groups is 1. The maximum atomic E-state index is 13.1. The van der Waals surface area contributed by atoms with E-state index in [-0.39, 0.29) is 28.5 Å². The largest absolute Gasteiger partial charge is 0.375 e. The monoisotopic (exact) mass is 617 g/mol. The summed E-state index contributed by atoms with van der Waals surface area (Å²) in [6.07, 6.45) is 15.3. The van der Waals surface area contributed by atoms with Crippen LogP contribution in [0.3, 0.4) is 0 Å². The normalized spacial score (nSPS) is 21.0. The maximum Gasteiger partial charge on any atom is 0.189 e. The van der Waals surface area contributed by atoms with E-state index in [4.69, 9.17) is 14.2 Å². The van der Waals surface area contributed by atoms with E-state index in [1.165, 1.54) is 12.8 Å². The lowest BCUT2D eigenvalue weighted by Gasteiger charge is -2.56. The van der Waals surface area contributed by atoms with Crippen molar-refractivity contribution in [3.05, 3.63) is 23.8 Å². The quantitative estimate of drug-likeness (QED) is 0.0846. The van der Waals surface area contributed by atoms with Crippen LogP contribution in [0.15, 0.2) is 23.8 Å². The summed E-state index contributed by atoms with van der Waals surface area (Å²) in [4.78, 5) is 13.1. The molecule has 0 aromatic carbocycles. The molecule has 3 aliphatic rings. The molecule has 3 unspecified atom stereocenters. The minimum absolute atomic E-state index is 0.0408. The fourth-order valence-corrected chi connectivity index (χ4v) is 9.33. The molecule has 1 fully saturated rings. The Hall–Kier alpha value is -0.970. The van der Waals surface area contributed by atoms with E-state index in [1.54, 1.807) is 12.5 Å². The van der Waals surface area contributed by atoms with Gasteiger partial charge in [0.25, 0.3) is 0 Å². The summed E-state index contributed by atoms with van der Waals surface area (Å²) in [7, 11) is 0. The van der Waals surface area contributed by atoms with Crippen molar-refractivity contribution in [3.8, 4) is 0 Å². The van der Waals surface area contributed by atoms with Crippen LogP contribution in [0.25, 0.3) is 0 Å². The zero-order chi connectivity index (χ0) is 33.4. The van der Waals surface area contributed by atoms with Crippen LogP contribution in [-0.4, -0.2) is 41.9 Å². The summed E-state index contributed by atoms with van der Waals surface area (Å²) in [5.41, 5.74) is 1.40. The van der Waals surface area contributed by atoms with Crippen molar-refractivity contribution in [2.24, 2.45) is 22.7 Å². The Morgan fingerprint density at radius 2 is 1.50 bits per heavy atom. The number of fused-ring (bicyclic) bond motifs is 1. The Labute approximate surface area is 273 Å². The number of hydrogen-bond donors (Lipinski definition) is 0. The average molecular weight is 617 g/mol. The van der Waals surface area contributed by atoms with Gasteiger partial charge in [-0.15, -0.1) is 0 Å². The summed E-state index contributed by atoms with van der Waals surface area (Å²) in [6, 6.07) is 0. The van der Waals surface area contributed by atoms with Gasteiger partial charge in [-0.2, -0.15) is 0 Å². The van der Waals surface area contributed by atoms with Gasteiger partial charge >= 0.3 is 0 Å². The molecule has 0 heterocycles. The van der Waals surface area contributed by atoms with Crippen molar-refractivity contribution in [1.82, 2.24) is 0 Å². The first-order valence-corrected chi connectivity index (χ1v) is 18.6. The molecule has 0 aromatic rings. The van der Waals surface area contributed by atoms with E-state index in [0.29, 0.717) is 30.4 Å². The van der Waals surface area contributed by atoms with Crippen LogP contribution in [0.2, 0.25) is 0 Å². The number of hydrogen-bond acceptors (Lipinski definition) is 4. The van der Waals surface area contributed by atoms with Crippen molar-refractivity contribution in [1.29, 1.82) is 0 Å². The van der Waals surface area contributed by atoms with Crippen LogP contribution in [0.1, 0.15) is 167 Å². The second-order valence-corrected chi connectivity index (χ2v) is 15.0. The number of rotatable bonds is 23. The third-order valence-electron chi connectivity index (χ3n) is 13.1. The zero-order valence-corrected chi connectivity index (χ0v) is 31.3. The van der Waals surface area contributed by atoms with Crippen molar-refractivity contribution in [2.75, 3.05) is 13.2 Å². The Morgan fingerprint density at radius 1 is 0.909 bits per heavy atom. The van der Waals surface area contributed by atoms with Crippen LogP contribution < -0.4 is 0 Å². The highest BCUT2D eigenvalue weighted by Crippen LogP contribution is 2.59. The molecule has 0 saturated heterocycles. The molecule has 44 heavy (non-hydrogen) atoms. The summed E-state index contributed by atoms with van der Waals surface area (Å²) < 4.78 is 20.7. The third-order valence-corrected chi connectivity index (χ3v) is 13.1. The molecular formula is C40H72O4. The van der Waals surface area contributed by atoms with Gasteiger partial charge in [0.15, 0.2) is 5.78 Å². The lowest BCUT2D eigenvalue weighted by atomic mass is 9.48. The summed E-state index contributed by atoms with van der Waals surface area (Å²) in [6.45, 7) is 32.1. The molecule has 3 atom stereocenters. The number of Topliss-reactive ketones (excluding diaryl/α,β-unsaturated/α-hetero) is 1. The first kappa shape index (κ1) is 39.2. The molecule has 4 heteroatoms. The molecule has 4 nitrogen and oxygen atoms in total. The number of carbonyl (C=O) groups excluding carboxylic acids is 1. The summed E-state index contributed by atoms with van der Waals surface area (Å²) in [5.74, 6) is 1.67. The number of ketones is 1. The van der Waals surface area contributed by atoms with Crippen molar-refractivity contribution < 1.29 is 19.0 Å². The van der Waals surface area contributed by atoms with E-state index >= 15 is 0 Å². The zero-order valence-electron chi connectivity index (χ0n) is 31.3. The average Bonchev–Trinajstić information content (AvgIpc) is 3.03. The van der Waals surface area contributed by atoms with Gasteiger partial charge in [0.2, 0.25) is 0 Å². The second kappa shape index (κ2) is 16.2. The SMILES string of the molecule is C=C(C)C(=O)C(CC)(CC)OCCC(CC)(CC)C(CC)(CC)OC(C)CC(CC)(CC)OCCC1=CCC2CC1C2(C)C. The number of ether oxygens (including phenoxy) is 3. The highest BCUT2D eigenvalue weighted by molar-refractivity contribution is 6.00. The Kier molecular flexibility index (Phi) is 14.5. The lowest BCUT2D eigenvalue weighted by molar-refractivity contribution is -0.198. The van der Waals surface area contributed by atoms with E-state index in [0.717, 1.165) is 76.2 Å². The van der Waals surface area contributed by atoms with Gasteiger partial charge in [-0.1, -0.05) is 87.5 Å². The number of allylic oxidation sites excluding steroid dienone is 1. The van der Waals surface area contributed by atoms with Gasteiger partial charge < -0.3 is 14.2 Å². The molecule has 0 spiro atoms. The molecule has 3 aliphatic carbocycles. The Balaban J connectivity index is 2.16. The third kappa shape index (κ3) is 7.76. The standard InChI is InChI=1S/C40H72O4/c1-14-37(15-2,25-27-43-39(18-5,19-6)35(41)30(9)10)40(20-7,21-8)44-31(11)29-38(16-3,17-4)42-26-24-32-22-23-33-28-34(32)36(33,12)13/h22,31,33-34H,9,14-21,23-29H2,1-8,10-13H3. The van der Waals surface area contributed by atoms with Crippen LogP contribution in [0.4, 0.5) is 0 Å². The molecule has 0 radical (unpaired) electrons. The highest BCUT2D eigenvalue weighted by Gasteiger charge is 2.51. The minimum atomic E-state index is -0.781. The summed E-state index contributed by atoms with van der Waals surface area (Å²) in [5, 5.41) is 0. The maximum absolute atomic E-state index is 13.1. The molecule has 3 rings (SSSR count). The fraction of sp³-hybridized carbons (Fsp3) is 0.875. The second-order valence-electron chi connectivity index (χ2n) is 15.0. The van der Waals surface area contributed by atoms with Gasteiger partial charge in [-0.25, -0.2) is 0 Å². The van der Waals surface area contributed by atoms with Gasteiger partial charge in [0.1, 0.15) is 5.60 Å². The molecule has 0 N–H and O–H groups in total. The molecule has 1 saturated carbocycles. The van der Waals surface area contributed by atoms with E-state index in [9.17, 15) is 4.79 Å². The topological polar surface area (TPSA) is 44.8 Å². The van der Waals surface area contributed by atoms with Crippen LogP contribution in [-0.2, 0) is 19.0 Å².